The summed E-state index contributed by atoms with van der Waals surface area (Å²) in [6.45, 7) is 3.23. The summed E-state index contributed by atoms with van der Waals surface area (Å²) in [5.41, 5.74) is 18.4. The molecule has 8 nitrogen and oxygen atoms in total. The van der Waals surface area contributed by atoms with Crippen molar-refractivity contribution in [2.24, 2.45) is 5.84 Å². The number of unbranched alkanes of at least 4 members (excludes halogenated alkanes) is 17. The Labute approximate surface area is 174 Å². The molecular weight excluding hydrogens is 352 g/mol. The molecule has 0 amide bonds. The SMILES string of the molecule is CCCCCCCCCCCCCCCCCCCCNNNNNNNN. The number of hydrazine groups is 7. The maximum Gasteiger partial charge on any atom is 0.0113 e. The summed E-state index contributed by atoms with van der Waals surface area (Å²) >= 11 is 0. The molecule has 0 aromatic heterocycles. The molecule has 170 valence electrons. The molecule has 0 aliphatic heterocycles. The van der Waals surface area contributed by atoms with E-state index in [4.69, 9.17) is 5.84 Å². The third kappa shape index (κ3) is 25.7. The van der Waals surface area contributed by atoms with Gasteiger partial charge >= 0.3 is 0 Å². The number of hydrogen-bond donors (Lipinski definition) is 8. The van der Waals surface area contributed by atoms with E-state index in [2.05, 4.69) is 45.6 Å². The number of nitrogens with two attached hydrogens (primary N) is 1. The predicted octanol–water partition coefficient (Wildman–Crippen LogP) is 3.52. The van der Waals surface area contributed by atoms with Crippen molar-refractivity contribution in [2.75, 3.05) is 6.54 Å². The normalized spacial score (nSPS) is 11.4. The van der Waals surface area contributed by atoms with Gasteiger partial charge in [0.15, 0.2) is 0 Å². The second kappa shape index (κ2) is 26.7. The maximum atomic E-state index is 5.00. The second-order valence-corrected chi connectivity index (χ2v) is 7.71. The van der Waals surface area contributed by atoms with Crippen LogP contribution in [0.2, 0.25) is 0 Å². The van der Waals surface area contributed by atoms with Crippen molar-refractivity contribution < 1.29 is 0 Å². The first-order chi connectivity index (χ1) is 13.9. The van der Waals surface area contributed by atoms with Crippen LogP contribution in [0.15, 0.2) is 0 Å². The highest BCUT2D eigenvalue weighted by molar-refractivity contribution is 4.50. The first kappa shape index (κ1) is 27.7. The highest BCUT2D eigenvalue weighted by Crippen LogP contribution is 2.14. The molecule has 0 saturated heterocycles. The molecule has 0 aliphatic carbocycles. The van der Waals surface area contributed by atoms with Gasteiger partial charge in [-0.1, -0.05) is 116 Å². The molecule has 0 bridgehead atoms. The third-order valence-corrected chi connectivity index (χ3v) is 5.07. The van der Waals surface area contributed by atoms with E-state index in [1.165, 1.54) is 116 Å². The highest BCUT2D eigenvalue weighted by Gasteiger charge is 1.95. The van der Waals surface area contributed by atoms with Crippen molar-refractivity contribution in [1.29, 1.82) is 0 Å². The minimum Gasteiger partial charge on any atom is -0.257 e. The Kier molecular flexibility index (Phi) is 26.4. The molecule has 9 N–H and O–H groups in total. The van der Waals surface area contributed by atoms with Crippen LogP contribution in [0.25, 0.3) is 0 Å². The Hall–Kier alpha value is -0.320. The van der Waals surface area contributed by atoms with E-state index in [-0.39, 0.29) is 0 Å². The van der Waals surface area contributed by atoms with E-state index < -0.39 is 0 Å². The molecule has 0 atom stereocenters. The van der Waals surface area contributed by atoms with Gasteiger partial charge in [0, 0.05) is 6.54 Å². The van der Waals surface area contributed by atoms with E-state index in [9.17, 15) is 0 Å². The van der Waals surface area contributed by atoms with Crippen LogP contribution < -0.4 is 44.5 Å². The second-order valence-electron chi connectivity index (χ2n) is 7.71. The molecule has 0 fully saturated rings. The first-order valence-electron chi connectivity index (χ1n) is 11.8. The summed E-state index contributed by atoms with van der Waals surface area (Å²) in [6.07, 6.45) is 25.3. The van der Waals surface area contributed by atoms with Crippen LogP contribution in [0.5, 0.6) is 0 Å². The van der Waals surface area contributed by atoms with Gasteiger partial charge in [0.25, 0.3) is 0 Å². The summed E-state index contributed by atoms with van der Waals surface area (Å²) in [4.78, 5) is 0. The van der Waals surface area contributed by atoms with Gasteiger partial charge in [-0.25, -0.2) is 5.43 Å². The zero-order valence-corrected chi connectivity index (χ0v) is 18.5. The van der Waals surface area contributed by atoms with Crippen molar-refractivity contribution in [3.8, 4) is 0 Å². The van der Waals surface area contributed by atoms with E-state index >= 15 is 0 Å². The van der Waals surface area contributed by atoms with Gasteiger partial charge in [-0.05, 0) is 6.42 Å². The van der Waals surface area contributed by atoms with Crippen molar-refractivity contribution in [3.63, 3.8) is 0 Å². The van der Waals surface area contributed by atoms with Crippen molar-refractivity contribution in [2.45, 2.75) is 122 Å². The first-order valence-corrected chi connectivity index (χ1v) is 11.8. The average Bonchev–Trinajstić information content (AvgIpc) is 2.71. The highest BCUT2D eigenvalue weighted by atomic mass is 15.9. The molecule has 0 rings (SSSR count). The average molecular weight is 403 g/mol. The summed E-state index contributed by atoms with van der Waals surface area (Å²) in [5.74, 6) is 5.00. The van der Waals surface area contributed by atoms with Crippen LogP contribution in [0, 0.1) is 0 Å². The maximum absolute atomic E-state index is 5.00. The number of nitrogens with one attached hydrogen (secondary N) is 7. The van der Waals surface area contributed by atoms with Gasteiger partial charge in [0.2, 0.25) is 0 Å². The van der Waals surface area contributed by atoms with Crippen LogP contribution in [-0.4, -0.2) is 6.54 Å². The van der Waals surface area contributed by atoms with Crippen LogP contribution in [0.3, 0.4) is 0 Å². The van der Waals surface area contributed by atoms with Crippen molar-refractivity contribution in [1.82, 2.24) is 38.6 Å². The molecule has 0 aromatic carbocycles. The Morgan fingerprint density at radius 1 is 0.429 bits per heavy atom. The van der Waals surface area contributed by atoms with Gasteiger partial charge in [-0.3, -0.25) is 5.84 Å². The fourth-order valence-corrected chi connectivity index (χ4v) is 3.35. The van der Waals surface area contributed by atoms with Gasteiger partial charge < -0.3 is 0 Å². The summed E-state index contributed by atoms with van der Waals surface area (Å²) in [5, 5.41) is 0. The van der Waals surface area contributed by atoms with Gasteiger partial charge in [-0.15, -0.1) is 0 Å². The van der Waals surface area contributed by atoms with E-state index in [0.29, 0.717) is 0 Å². The topological polar surface area (TPSA) is 110 Å². The lowest BCUT2D eigenvalue weighted by Crippen LogP contribution is -2.62. The molecular formula is C20H50N8. The minimum atomic E-state index is 0.940. The molecule has 0 saturated carbocycles. The number of hydrogen-bond acceptors (Lipinski definition) is 8. The summed E-state index contributed by atoms with van der Waals surface area (Å²) in [6, 6.07) is 0. The monoisotopic (exact) mass is 402 g/mol. The standard InChI is InChI=1S/C20H50N8/c1-2-3-4-5-6-7-8-9-10-11-12-13-14-15-16-17-18-19-20-22-24-26-28-27-25-23-21/h22-28H,2-21H2,1H3. The predicted molar refractivity (Wildman–Crippen MR) is 120 cm³/mol. The van der Waals surface area contributed by atoms with Crippen molar-refractivity contribution >= 4 is 0 Å². The lowest BCUT2D eigenvalue weighted by atomic mass is 10.0. The van der Waals surface area contributed by atoms with E-state index in [1.54, 1.807) is 0 Å². The van der Waals surface area contributed by atoms with Crippen LogP contribution >= 0.6 is 0 Å². The lowest BCUT2D eigenvalue weighted by molar-refractivity contribution is 0.273. The van der Waals surface area contributed by atoms with Gasteiger partial charge in [0.05, 0.1) is 0 Å². The van der Waals surface area contributed by atoms with Gasteiger partial charge in [-0.2, -0.15) is 33.2 Å². The Morgan fingerprint density at radius 3 is 1.21 bits per heavy atom. The van der Waals surface area contributed by atoms with Crippen molar-refractivity contribution in [3.05, 3.63) is 0 Å². The third-order valence-electron chi connectivity index (χ3n) is 5.07. The molecule has 0 aromatic rings. The molecule has 0 aliphatic rings. The van der Waals surface area contributed by atoms with E-state index in [1.807, 2.05) is 0 Å². The zero-order chi connectivity index (χ0) is 20.4. The zero-order valence-electron chi connectivity index (χ0n) is 18.5. The van der Waals surface area contributed by atoms with Gasteiger partial charge in [0.1, 0.15) is 0 Å². The summed E-state index contributed by atoms with van der Waals surface area (Å²) in [7, 11) is 0. The van der Waals surface area contributed by atoms with Crippen LogP contribution in [0.4, 0.5) is 0 Å². The molecule has 28 heavy (non-hydrogen) atoms. The molecule has 8 heteroatoms. The minimum absolute atomic E-state index is 0.940. The smallest absolute Gasteiger partial charge is 0.0113 e. The van der Waals surface area contributed by atoms with Crippen LogP contribution in [0.1, 0.15) is 122 Å². The molecule has 0 spiro atoms. The Bertz CT molecular complexity index is 243. The molecule has 0 unspecified atom stereocenters. The number of rotatable bonds is 25. The Balaban J connectivity index is 2.96. The fourth-order valence-electron chi connectivity index (χ4n) is 3.35. The molecule has 0 heterocycles. The van der Waals surface area contributed by atoms with E-state index in [0.717, 1.165) is 6.54 Å². The quantitative estimate of drug-likeness (QED) is 0.0665. The summed E-state index contributed by atoms with van der Waals surface area (Å²) < 4.78 is 0. The van der Waals surface area contributed by atoms with Crippen LogP contribution in [-0.2, 0) is 0 Å². The Morgan fingerprint density at radius 2 is 0.786 bits per heavy atom. The molecule has 0 radical (unpaired) electrons. The lowest BCUT2D eigenvalue weighted by Gasteiger charge is -2.10. The largest absolute Gasteiger partial charge is 0.257 e. The fraction of sp³-hybridized carbons (Fsp3) is 1.00.